The van der Waals surface area contributed by atoms with Gasteiger partial charge in [0.1, 0.15) is 11.9 Å². The van der Waals surface area contributed by atoms with Gasteiger partial charge in [0.25, 0.3) is 0 Å². The quantitative estimate of drug-likeness (QED) is 0.907. The lowest BCUT2D eigenvalue weighted by Crippen LogP contribution is -2.33. The van der Waals surface area contributed by atoms with E-state index in [2.05, 4.69) is 0 Å². The Balaban J connectivity index is 1.96. The molecule has 0 heterocycles. The van der Waals surface area contributed by atoms with Gasteiger partial charge in [0, 0.05) is 0 Å². The standard InChI is InChI=1S/C15H19FN2O/c16-14-6-5-11(7-13(14)9-18)10-19-15-4-2-1-3-12(15)8-17/h5-7,12,15H,1-4,8,10,17H2. The molecular formula is C15H19FN2O. The van der Waals surface area contributed by atoms with E-state index in [0.717, 1.165) is 18.4 Å². The number of halogens is 1. The molecule has 2 rings (SSSR count). The fourth-order valence-electron chi connectivity index (χ4n) is 2.61. The van der Waals surface area contributed by atoms with Gasteiger partial charge in [-0.05, 0) is 43.0 Å². The molecule has 1 fully saturated rings. The van der Waals surface area contributed by atoms with Crippen molar-refractivity contribution in [1.82, 2.24) is 0 Å². The Bertz CT molecular complexity index is 470. The van der Waals surface area contributed by atoms with E-state index in [9.17, 15) is 4.39 Å². The molecule has 2 atom stereocenters. The Morgan fingerprint density at radius 1 is 1.37 bits per heavy atom. The monoisotopic (exact) mass is 262 g/mol. The van der Waals surface area contributed by atoms with Crippen LogP contribution in [0.3, 0.4) is 0 Å². The molecule has 2 N–H and O–H groups in total. The van der Waals surface area contributed by atoms with Crippen LogP contribution in [0.25, 0.3) is 0 Å². The van der Waals surface area contributed by atoms with Crippen molar-refractivity contribution >= 4 is 0 Å². The van der Waals surface area contributed by atoms with Gasteiger partial charge in [-0.1, -0.05) is 18.9 Å². The zero-order valence-corrected chi connectivity index (χ0v) is 10.9. The lowest BCUT2D eigenvalue weighted by molar-refractivity contribution is -0.0183. The van der Waals surface area contributed by atoms with E-state index in [-0.39, 0.29) is 11.7 Å². The van der Waals surface area contributed by atoms with Crippen LogP contribution < -0.4 is 5.73 Å². The summed E-state index contributed by atoms with van der Waals surface area (Å²) in [6.45, 7) is 1.06. The topological polar surface area (TPSA) is 59.0 Å². The number of nitrogens with two attached hydrogens (primary N) is 1. The lowest BCUT2D eigenvalue weighted by Gasteiger charge is -2.30. The molecule has 0 aromatic heterocycles. The van der Waals surface area contributed by atoms with Crippen LogP contribution in [0, 0.1) is 23.1 Å². The minimum absolute atomic E-state index is 0.0696. The smallest absolute Gasteiger partial charge is 0.140 e. The van der Waals surface area contributed by atoms with Crippen molar-refractivity contribution in [2.75, 3.05) is 6.54 Å². The number of rotatable bonds is 4. The van der Waals surface area contributed by atoms with Gasteiger partial charge in [-0.2, -0.15) is 5.26 Å². The van der Waals surface area contributed by atoms with Gasteiger partial charge < -0.3 is 10.5 Å². The highest BCUT2D eigenvalue weighted by atomic mass is 19.1. The molecule has 4 heteroatoms. The normalized spacial score (nSPS) is 23.0. The third-order valence-electron chi connectivity index (χ3n) is 3.76. The van der Waals surface area contributed by atoms with Gasteiger partial charge >= 0.3 is 0 Å². The molecule has 0 bridgehead atoms. The van der Waals surface area contributed by atoms with Crippen molar-refractivity contribution in [2.45, 2.75) is 38.4 Å². The van der Waals surface area contributed by atoms with Crippen molar-refractivity contribution in [3.05, 3.63) is 35.1 Å². The molecule has 0 saturated heterocycles. The van der Waals surface area contributed by atoms with Gasteiger partial charge in [-0.15, -0.1) is 0 Å². The second kappa shape index (κ2) is 6.65. The number of nitrogens with zero attached hydrogens (tertiary/aromatic N) is 1. The predicted octanol–water partition coefficient (Wildman–Crippen LogP) is 2.73. The third kappa shape index (κ3) is 3.52. The van der Waals surface area contributed by atoms with Crippen LogP contribution in [0.1, 0.15) is 36.8 Å². The van der Waals surface area contributed by atoms with Crippen LogP contribution in [0.2, 0.25) is 0 Å². The molecule has 0 radical (unpaired) electrons. The second-order valence-corrected chi connectivity index (χ2v) is 5.06. The van der Waals surface area contributed by atoms with Crippen LogP contribution in [-0.2, 0) is 11.3 Å². The van der Waals surface area contributed by atoms with Crippen molar-refractivity contribution in [3.8, 4) is 6.07 Å². The van der Waals surface area contributed by atoms with Gasteiger partial charge in [0.15, 0.2) is 0 Å². The predicted molar refractivity (Wildman–Crippen MR) is 70.7 cm³/mol. The Morgan fingerprint density at radius 2 is 2.16 bits per heavy atom. The lowest BCUT2D eigenvalue weighted by atomic mass is 9.86. The maximum Gasteiger partial charge on any atom is 0.140 e. The van der Waals surface area contributed by atoms with E-state index < -0.39 is 5.82 Å². The maximum absolute atomic E-state index is 13.2. The Kier molecular flexibility index (Phi) is 4.89. The molecule has 1 saturated carbocycles. The van der Waals surface area contributed by atoms with Gasteiger partial charge in [-0.3, -0.25) is 0 Å². The summed E-state index contributed by atoms with van der Waals surface area (Å²) in [5, 5.41) is 8.79. The summed E-state index contributed by atoms with van der Waals surface area (Å²) in [7, 11) is 0. The van der Waals surface area contributed by atoms with Crippen LogP contribution in [0.4, 0.5) is 4.39 Å². The SMILES string of the molecule is N#Cc1cc(COC2CCCCC2CN)ccc1F. The molecule has 1 aliphatic rings. The average molecular weight is 262 g/mol. The third-order valence-corrected chi connectivity index (χ3v) is 3.76. The minimum Gasteiger partial charge on any atom is -0.373 e. The van der Waals surface area contributed by atoms with E-state index in [1.807, 2.05) is 6.07 Å². The molecule has 0 amide bonds. The fourth-order valence-corrected chi connectivity index (χ4v) is 2.61. The Morgan fingerprint density at radius 3 is 2.89 bits per heavy atom. The first-order chi connectivity index (χ1) is 9.24. The van der Waals surface area contributed by atoms with E-state index >= 15 is 0 Å². The average Bonchev–Trinajstić information content (AvgIpc) is 2.46. The Labute approximate surface area is 113 Å². The summed E-state index contributed by atoms with van der Waals surface area (Å²) in [5.74, 6) is -0.0617. The summed E-state index contributed by atoms with van der Waals surface area (Å²) >= 11 is 0. The zero-order valence-electron chi connectivity index (χ0n) is 10.9. The molecule has 0 spiro atoms. The van der Waals surface area contributed by atoms with Crippen molar-refractivity contribution < 1.29 is 9.13 Å². The highest BCUT2D eigenvalue weighted by Gasteiger charge is 2.24. The van der Waals surface area contributed by atoms with Crippen molar-refractivity contribution in [3.63, 3.8) is 0 Å². The Hall–Kier alpha value is -1.44. The molecule has 19 heavy (non-hydrogen) atoms. The van der Waals surface area contributed by atoms with Crippen molar-refractivity contribution in [1.29, 1.82) is 5.26 Å². The summed E-state index contributed by atoms with van der Waals surface area (Å²) in [4.78, 5) is 0. The molecule has 0 aliphatic heterocycles. The molecule has 102 valence electrons. The molecular weight excluding hydrogens is 243 g/mol. The van der Waals surface area contributed by atoms with E-state index in [1.165, 1.54) is 18.9 Å². The molecule has 1 aromatic carbocycles. The van der Waals surface area contributed by atoms with Crippen LogP contribution in [0.5, 0.6) is 0 Å². The fraction of sp³-hybridized carbons (Fsp3) is 0.533. The minimum atomic E-state index is -0.483. The highest BCUT2D eigenvalue weighted by Crippen LogP contribution is 2.27. The number of benzene rings is 1. The van der Waals surface area contributed by atoms with E-state index in [0.29, 0.717) is 19.1 Å². The van der Waals surface area contributed by atoms with Gasteiger partial charge in [0.2, 0.25) is 0 Å². The molecule has 3 nitrogen and oxygen atoms in total. The largest absolute Gasteiger partial charge is 0.373 e. The first-order valence-electron chi connectivity index (χ1n) is 6.74. The summed E-state index contributed by atoms with van der Waals surface area (Å²) in [6, 6.07) is 6.38. The summed E-state index contributed by atoms with van der Waals surface area (Å²) < 4.78 is 19.1. The van der Waals surface area contributed by atoms with Crippen molar-refractivity contribution in [2.24, 2.45) is 11.7 Å². The van der Waals surface area contributed by atoms with Crippen LogP contribution in [-0.4, -0.2) is 12.6 Å². The second-order valence-electron chi connectivity index (χ2n) is 5.06. The van der Waals surface area contributed by atoms with Gasteiger partial charge in [0.05, 0.1) is 18.3 Å². The zero-order chi connectivity index (χ0) is 13.7. The molecule has 1 aliphatic carbocycles. The number of hydrogen-bond acceptors (Lipinski definition) is 3. The maximum atomic E-state index is 13.2. The number of ether oxygens (including phenoxy) is 1. The first-order valence-corrected chi connectivity index (χ1v) is 6.74. The molecule has 1 aromatic rings. The van der Waals surface area contributed by atoms with Crippen LogP contribution in [0.15, 0.2) is 18.2 Å². The van der Waals surface area contributed by atoms with E-state index in [1.54, 1.807) is 12.1 Å². The summed E-state index contributed by atoms with van der Waals surface area (Å²) in [5.41, 5.74) is 6.66. The summed E-state index contributed by atoms with van der Waals surface area (Å²) in [6.07, 6.45) is 4.74. The van der Waals surface area contributed by atoms with Crippen LogP contribution >= 0.6 is 0 Å². The van der Waals surface area contributed by atoms with E-state index in [4.69, 9.17) is 15.7 Å². The highest BCUT2D eigenvalue weighted by molar-refractivity contribution is 5.34. The number of hydrogen-bond donors (Lipinski definition) is 1. The number of nitriles is 1. The van der Waals surface area contributed by atoms with Gasteiger partial charge in [-0.25, -0.2) is 4.39 Å². The first kappa shape index (κ1) is 14.0. The molecule has 2 unspecified atom stereocenters.